The Balaban J connectivity index is 1.63. The van der Waals surface area contributed by atoms with E-state index in [0.717, 1.165) is 22.1 Å². The predicted octanol–water partition coefficient (Wildman–Crippen LogP) is 5.95. The summed E-state index contributed by atoms with van der Waals surface area (Å²) in [4.78, 5) is 19.3. The van der Waals surface area contributed by atoms with Crippen LogP contribution in [0.1, 0.15) is 59.3 Å². The van der Waals surface area contributed by atoms with Crippen molar-refractivity contribution in [1.29, 1.82) is 0 Å². The molecule has 0 spiro atoms. The van der Waals surface area contributed by atoms with Crippen LogP contribution in [0.4, 0.5) is 10.8 Å². The second-order valence-corrected chi connectivity index (χ2v) is 9.62. The SMILES string of the molecule is CN(c1nc(-c2ccc(NC(=O)CC(C)(C)C)cc2)cs1)C1CCCCC1. The average molecular weight is 386 g/mol. The molecule has 1 aliphatic rings. The molecule has 1 heterocycles. The summed E-state index contributed by atoms with van der Waals surface area (Å²) in [7, 11) is 2.17. The number of amides is 1. The summed E-state index contributed by atoms with van der Waals surface area (Å²) in [6, 6.07) is 8.61. The van der Waals surface area contributed by atoms with E-state index in [2.05, 4.69) is 43.4 Å². The molecule has 1 N–H and O–H groups in total. The number of benzene rings is 1. The molecule has 0 unspecified atom stereocenters. The third-order valence-corrected chi connectivity index (χ3v) is 6.00. The van der Waals surface area contributed by atoms with Crippen LogP contribution < -0.4 is 10.2 Å². The van der Waals surface area contributed by atoms with Crippen molar-refractivity contribution in [3.05, 3.63) is 29.6 Å². The van der Waals surface area contributed by atoms with Gasteiger partial charge in [0.2, 0.25) is 5.91 Å². The van der Waals surface area contributed by atoms with Crippen LogP contribution in [0.25, 0.3) is 11.3 Å². The molecule has 5 heteroatoms. The molecule has 1 saturated carbocycles. The number of nitrogens with one attached hydrogen (secondary N) is 1. The van der Waals surface area contributed by atoms with E-state index < -0.39 is 0 Å². The Kier molecular flexibility index (Phi) is 6.20. The van der Waals surface area contributed by atoms with Crippen LogP contribution in [0.2, 0.25) is 0 Å². The van der Waals surface area contributed by atoms with Crippen LogP contribution in [0.5, 0.6) is 0 Å². The molecule has 0 radical (unpaired) electrons. The standard InChI is InChI=1S/C22H31N3OS/c1-22(2,3)14-20(26)23-17-12-10-16(11-13-17)19-15-27-21(24-19)25(4)18-8-6-5-7-9-18/h10-13,15,18H,5-9,14H2,1-4H3,(H,23,26). The molecule has 146 valence electrons. The lowest BCUT2D eigenvalue weighted by atomic mass is 9.92. The molecule has 2 aromatic rings. The van der Waals surface area contributed by atoms with E-state index in [0.29, 0.717) is 12.5 Å². The van der Waals surface area contributed by atoms with Crippen molar-refractivity contribution >= 4 is 28.1 Å². The highest BCUT2D eigenvalue weighted by Crippen LogP contribution is 2.32. The first kappa shape index (κ1) is 19.9. The maximum absolute atomic E-state index is 12.1. The zero-order valence-corrected chi connectivity index (χ0v) is 17.7. The molecule has 0 bridgehead atoms. The van der Waals surface area contributed by atoms with Crippen molar-refractivity contribution in [2.75, 3.05) is 17.3 Å². The number of hydrogen-bond acceptors (Lipinski definition) is 4. The number of aromatic nitrogens is 1. The lowest BCUT2D eigenvalue weighted by molar-refractivity contribution is -0.117. The Morgan fingerprint density at radius 1 is 1.19 bits per heavy atom. The molecule has 1 aliphatic carbocycles. The Morgan fingerprint density at radius 3 is 2.48 bits per heavy atom. The van der Waals surface area contributed by atoms with Gasteiger partial charge in [-0.3, -0.25) is 4.79 Å². The van der Waals surface area contributed by atoms with E-state index >= 15 is 0 Å². The smallest absolute Gasteiger partial charge is 0.224 e. The van der Waals surface area contributed by atoms with Crippen molar-refractivity contribution in [2.24, 2.45) is 5.41 Å². The number of thiazole rings is 1. The number of nitrogens with zero attached hydrogens (tertiary/aromatic N) is 2. The van der Waals surface area contributed by atoms with Crippen LogP contribution in [-0.4, -0.2) is 24.0 Å². The van der Waals surface area contributed by atoms with E-state index in [1.54, 1.807) is 11.3 Å². The first-order valence-corrected chi connectivity index (χ1v) is 10.8. The van der Waals surface area contributed by atoms with E-state index in [9.17, 15) is 4.79 Å². The van der Waals surface area contributed by atoms with Crippen molar-refractivity contribution < 1.29 is 4.79 Å². The second-order valence-electron chi connectivity index (χ2n) is 8.78. The van der Waals surface area contributed by atoms with Crippen LogP contribution in [0, 0.1) is 5.41 Å². The Hall–Kier alpha value is -1.88. The van der Waals surface area contributed by atoms with Gasteiger partial charge < -0.3 is 10.2 Å². The number of carbonyl (C=O) groups is 1. The maximum atomic E-state index is 12.1. The minimum Gasteiger partial charge on any atom is -0.348 e. The van der Waals surface area contributed by atoms with E-state index in [1.165, 1.54) is 32.1 Å². The van der Waals surface area contributed by atoms with E-state index in [4.69, 9.17) is 4.98 Å². The summed E-state index contributed by atoms with van der Waals surface area (Å²) in [6.45, 7) is 6.21. The largest absolute Gasteiger partial charge is 0.348 e. The van der Waals surface area contributed by atoms with Gasteiger partial charge in [0.1, 0.15) is 0 Å². The fraction of sp³-hybridized carbons (Fsp3) is 0.545. The first-order chi connectivity index (χ1) is 12.8. The van der Waals surface area contributed by atoms with Gasteiger partial charge in [-0.2, -0.15) is 0 Å². The Bertz CT molecular complexity index is 755. The molecular formula is C22H31N3OS. The molecule has 0 aliphatic heterocycles. The molecule has 0 atom stereocenters. The molecular weight excluding hydrogens is 354 g/mol. The van der Waals surface area contributed by atoms with Crippen LogP contribution in [0.3, 0.4) is 0 Å². The molecule has 4 nitrogen and oxygen atoms in total. The molecule has 1 fully saturated rings. The van der Waals surface area contributed by atoms with E-state index in [1.807, 2.05) is 24.3 Å². The zero-order valence-electron chi connectivity index (χ0n) is 16.9. The third kappa shape index (κ3) is 5.55. The van der Waals surface area contributed by atoms with Crippen molar-refractivity contribution in [3.63, 3.8) is 0 Å². The fourth-order valence-corrected chi connectivity index (χ4v) is 4.47. The molecule has 1 aromatic carbocycles. The minimum absolute atomic E-state index is 0.00855. The zero-order chi connectivity index (χ0) is 19.4. The molecule has 27 heavy (non-hydrogen) atoms. The van der Waals surface area contributed by atoms with Gasteiger partial charge in [-0.05, 0) is 30.4 Å². The maximum Gasteiger partial charge on any atom is 0.224 e. The number of rotatable bonds is 5. The third-order valence-electron chi connectivity index (χ3n) is 5.07. The van der Waals surface area contributed by atoms with E-state index in [-0.39, 0.29) is 11.3 Å². The van der Waals surface area contributed by atoms with Gasteiger partial charge in [0.15, 0.2) is 5.13 Å². The Morgan fingerprint density at radius 2 is 1.85 bits per heavy atom. The van der Waals surface area contributed by atoms with Gasteiger partial charge in [-0.15, -0.1) is 11.3 Å². The van der Waals surface area contributed by atoms with Crippen molar-refractivity contribution in [2.45, 2.75) is 65.3 Å². The topological polar surface area (TPSA) is 45.2 Å². The molecule has 1 amide bonds. The quantitative estimate of drug-likeness (QED) is 0.691. The predicted molar refractivity (Wildman–Crippen MR) is 116 cm³/mol. The van der Waals surface area contributed by atoms with Gasteiger partial charge >= 0.3 is 0 Å². The van der Waals surface area contributed by atoms with Gasteiger partial charge in [0.25, 0.3) is 0 Å². The van der Waals surface area contributed by atoms with Gasteiger partial charge in [-0.1, -0.05) is 52.2 Å². The highest BCUT2D eigenvalue weighted by atomic mass is 32.1. The number of carbonyl (C=O) groups excluding carboxylic acids is 1. The first-order valence-electron chi connectivity index (χ1n) is 9.90. The molecule has 1 aromatic heterocycles. The molecule has 0 saturated heterocycles. The summed E-state index contributed by atoms with van der Waals surface area (Å²) in [5.74, 6) is 0.0558. The number of anilines is 2. The van der Waals surface area contributed by atoms with Crippen molar-refractivity contribution in [3.8, 4) is 11.3 Å². The summed E-state index contributed by atoms with van der Waals surface area (Å²) in [5.41, 5.74) is 2.92. The number of hydrogen-bond donors (Lipinski definition) is 1. The highest BCUT2D eigenvalue weighted by molar-refractivity contribution is 7.14. The normalized spacial score (nSPS) is 15.6. The van der Waals surface area contributed by atoms with Crippen molar-refractivity contribution in [1.82, 2.24) is 4.98 Å². The minimum atomic E-state index is -0.00855. The highest BCUT2D eigenvalue weighted by Gasteiger charge is 2.20. The average Bonchev–Trinajstić information content (AvgIpc) is 3.11. The summed E-state index contributed by atoms with van der Waals surface area (Å²) < 4.78 is 0. The van der Waals surface area contributed by atoms with Gasteiger partial charge in [-0.25, -0.2) is 4.98 Å². The summed E-state index contributed by atoms with van der Waals surface area (Å²) in [5, 5.41) is 6.20. The summed E-state index contributed by atoms with van der Waals surface area (Å²) >= 11 is 1.71. The van der Waals surface area contributed by atoms with Gasteiger partial charge in [0, 0.05) is 36.1 Å². The lowest BCUT2D eigenvalue weighted by Gasteiger charge is -2.30. The monoisotopic (exact) mass is 385 g/mol. The molecule has 3 rings (SSSR count). The lowest BCUT2D eigenvalue weighted by Crippen LogP contribution is -2.33. The fourth-order valence-electron chi connectivity index (χ4n) is 3.59. The van der Waals surface area contributed by atoms with Crippen LogP contribution in [0.15, 0.2) is 29.6 Å². The van der Waals surface area contributed by atoms with Crippen LogP contribution in [-0.2, 0) is 4.79 Å². The summed E-state index contributed by atoms with van der Waals surface area (Å²) in [6.07, 6.45) is 7.08. The van der Waals surface area contributed by atoms with Crippen LogP contribution >= 0.6 is 11.3 Å². The Labute approximate surface area is 167 Å². The second kappa shape index (κ2) is 8.42. The van der Waals surface area contributed by atoms with Gasteiger partial charge in [0.05, 0.1) is 5.69 Å².